The van der Waals surface area contributed by atoms with Crippen LogP contribution in [0.4, 0.5) is 21.6 Å². The number of halogens is 2. The van der Waals surface area contributed by atoms with E-state index in [1.165, 1.54) is 35.9 Å². The number of aromatic nitrogens is 3. The van der Waals surface area contributed by atoms with Crippen molar-refractivity contribution in [3.63, 3.8) is 0 Å². The van der Waals surface area contributed by atoms with Gasteiger partial charge < -0.3 is 29.8 Å². The van der Waals surface area contributed by atoms with E-state index in [0.717, 1.165) is 94.1 Å². The lowest BCUT2D eigenvalue weighted by Gasteiger charge is -2.58. The van der Waals surface area contributed by atoms with Crippen LogP contribution in [0, 0.1) is 39.6 Å². The number of ether oxygens (including phenoxy) is 2. The first-order valence-corrected chi connectivity index (χ1v) is 28.0. The summed E-state index contributed by atoms with van der Waals surface area (Å²) in [6.07, 6.45) is 13.5. The number of carbonyl (C=O) groups is 1. The van der Waals surface area contributed by atoms with Gasteiger partial charge in [-0.25, -0.2) is 22.5 Å². The van der Waals surface area contributed by atoms with Crippen LogP contribution in [0.3, 0.4) is 0 Å². The van der Waals surface area contributed by atoms with E-state index in [1.54, 1.807) is 12.1 Å². The van der Waals surface area contributed by atoms with Crippen LogP contribution in [0.1, 0.15) is 104 Å². The first-order chi connectivity index (χ1) is 36.9. The van der Waals surface area contributed by atoms with Crippen LogP contribution >= 0.6 is 11.6 Å². The van der Waals surface area contributed by atoms with Crippen LogP contribution in [0.15, 0.2) is 96.2 Å². The molecule has 3 aromatic carbocycles. The lowest BCUT2D eigenvalue weighted by Crippen LogP contribution is -2.60. The van der Waals surface area contributed by atoms with E-state index < -0.39 is 42.9 Å². The maximum atomic E-state index is 14.9. The molecule has 1 amide bonds. The van der Waals surface area contributed by atoms with Gasteiger partial charge in [-0.2, -0.15) is 4.98 Å². The minimum Gasteiger partial charge on any atom is -0.478 e. The van der Waals surface area contributed by atoms with Gasteiger partial charge in [0.2, 0.25) is 5.82 Å². The Morgan fingerprint density at radius 1 is 1.03 bits per heavy atom. The summed E-state index contributed by atoms with van der Waals surface area (Å²) in [5.41, 5.74) is 3.12. The number of piperazine rings is 1. The number of nitrogens with zero attached hydrogens (tertiary/aromatic N) is 6. The molecule has 10 rings (SSSR count). The van der Waals surface area contributed by atoms with Gasteiger partial charge in [-0.3, -0.25) is 24.7 Å². The maximum absolute atomic E-state index is 14.9. The van der Waals surface area contributed by atoms with Gasteiger partial charge in [0.1, 0.15) is 27.7 Å². The molecule has 20 heteroatoms. The average Bonchev–Trinajstić information content (AvgIpc) is 3.79. The topological polar surface area (TPSA) is 208 Å². The van der Waals surface area contributed by atoms with Crippen molar-refractivity contribution in [2.24, 2.45) is 11.3 Å². The number of aromatic amines is 1. The molecule has 0 bridgehead atoms. The first-order valence-electron chi connectivity index (χ1n) is 26.2. The van der Waals surface area contributed by atoms with E-state index in [1.807, 2.05) is 16.9 Å². The monoisotopic (exact) mass is 1090 g/mol. The number of amides is 1. The minimum absolute atomic E-state index is 0.0225. The predicted octanol–water partition coefficient (Wildman–Crippen LogP) is 9.98. The molecule has 3 aromatic heterocycles. The summed E-state index contributed by atoms with van der Waals surface area (Å²) >= 11 is 6.23. The number of aliphatic hydroxyl groups is 1. The Bertz CT molecular complexity index is 3330. The minimum atomic E-state index is -4.76. The summed E-state index contributed by atoms with van der Waals surface area (Å²) < 4.78 is 56.6. The zero-order valence-electron chi connectivity index (χ0n) is 43.3. The molecule has 6 aromatic rings. The van der Waals surface area contributed by atoms with Crippen LogP contribution in [0.25, 0.3) is 11.0 Å². The smallest absolute Gasteiger partial charge is 0.312 e. The lowest BCUT2D eigenvalue weighted by molar-refractivity contribution is -0.384. The second-order valence-electron chi connectivity index (χ2n) is 21.5. The molecule has 5 heterocycles. The standard InChI is InChI=1S/C57H63ClFN9O8S/c1-5-57(70)18-16-37(17-19-57)31-60-53-48(68(71)72)27-42(32-61-53)77(73,74)64-54(69)45-15-14-40(26-50(45)76-51-28-46-47(59)33-62-52(46)63-55(51)75-4)66-22-20-56(21-23-66)29-41(30-56)67-25-24-65(34-38-10-12-39(58)13-11-38)35-49(67)44-9-7-6-8-43(44)36(2)3/h1,6-15,26-28,32-33,36-37,41,49,70H,16-25,29-31,34-35H2,2-4H3,(H,60,61)(H,62,63)(H,64,69)/t37?,49-,57?/m0/s1. The number of piperidine rings is 1. The third-order valence-corrected chi connectivity index (χ3v) is 17.9. The highest BCUT2D eigenvalue weighted by molar-refractivity contribution is 7.90. The number of H-pyrrole nitrogens is 1. The number of hydrogen-bond donors (Lipinski definition) is 4. The summed E-state index contributed by atoms with van der Waals surface area (Å²) in [6.45, 7) is 9.98. The van der Waals surface area contributed by atoms with Crippen molar-refractivity contribution in [2.75, 3.05) is 56.6 Å². The van der Waals surface area contributed by atoms with E-state index >= 15 is 0 Å². The van der Waals surface area contributed by atoms with E-state index in [-0.39, 0.29) is 63.7 Å². The number of terminal acetylenes is 1. The maximum Gasteiger partial charge on any atom is 0.312 e. The molecule has 404 valence electrons. The zero-order valence-corrected chi connectivity index (χ0v) is 44.9. The molecule has 1 spiro atoms. The number of methoxy groups -OCH3 is 1. The third-order valence-electron chi connectivity index (χ3n) is 16.3. The summed E-state index contributed by atoms with van der Waals surface area (Å²) in [6, 6.07) is 24.8. The Morgan fingerprint density at radius 3 is 2.47 bits per heavy atom. The van der Waals surface area contributed by atoms with Gasteiger partial charge in [0.25, 0.3) is 21.8 Å². The Labute approximate surface area is 452 Å². The van der Waals surface area contributed by atoms with Crippen LogP contribution < -0.4 is 24.4 Å². The molecular weight excluding hydrogens is 1030 g/mol. The number of nitrogens with one attached hydrogen (secondary N) is 3. The lowest BCUT2D eigenvalue weighted by atomic mass is 9.59. The Balaban J connectivity index is 0.856. The van der Waals surface area contributed by atoms with E-state index in [0.29, 0.717) is 37.6 Å². The largest absolute Gasteiger partial charge is 0.478 e. The van der Waals surface area contributed by atoms with Gasteiger partial charge in [-0.1, -0.05) is 67.8 Å². The number of sulfonamides is 1. The van der Waals surface area contributed by atoms with Crippen molar-refractivity contribution in [1.29, 1.82) is 0 Å². The second-order valence-corrected chi connectivity index (χ2v) is 23.6. The Morgan fingerprint density at radius 2 is 1.77 bits per heavy atom. The van der Waals surface area contributed by atoms with Gasteiger partial charge in [0.05, 0.1) is 29.2 Å². The number of pyridine rings is 2. The average molecular weight is 1090 g/mol. The normalized spacial score (nSPS) is 21.1. The molecule has 77 heavy (non-hydrogen) atoms. The van der Waals surface area contributed by atoms with Gasteiger partial charge in [0.15, 0.2) is 5.75 Å². The number of nitro groups is 1. The molecule has 4 N–H and O–H groups in total. The Kier molecular flexibility index (Phi) is 15.2. The number of fused-ring (bicyclic) bond motifs is 1. The number of rotatable bonds is 16. The number of anilines is 2. The van der Waals surface area contributed by atoms with Crippen LogP contribution in [-0.2, 0) is 16.6 Å². The van der Waals surface area contributed by atoms with Crippen molar-refractivity contribution in [3.8, 4) is 29.7 Å². The van der Waals surface area contributed by atoms with E-state index in [9.17, 15) is 32.8 Å². The summed E-state index contributed by atoms with van der Waals surface area (Å²) in [5, 5.41) is 26.4. The van der Waals surface area contributed by atoms with Crippen molar-refractivity contribution in [3.05, 3.63) is 134 Å². The summed E-state index contributed by atoms with van der Waals surface area (Å²) in [4.78, 5) is 43.8. The fourth-order valence-corrected chi connectivity index (χ4v) is 12.9. The van der Waals surface area contributed by atoms with Crippen molar-refractivity contribution >= 4 is 55.8 Å². The Hall–Kier alpha value is -6.82. The molecule has 2 saturated carbocycles. The molecule has 4 fully saturated rings. The van der Waals surface area contributed by atoms with Gasteiger partial charge in [-0.05, 0) is 110 Å². The second kappa shape index (κ2) is 21.9. The molecule has 17 nitrogen and oxygen atoms in total. The highest BCUT2D eigenvalue weighted by atomic mass is 35.5. The fraction of sp³-hybridized carbons (Fsp3) is 0.421. The molecule has 1 atom stereocenters. The molecule has 2 aliphatic carbocycles. The third kappa shape index (κ3) is 11.4. The predicted molar refractivity (Wildman–Crippen MR) is 293 cm³/mol. The number of hydrogen-bond acceptors (Lipinski definition) is 14. The van der Waals surface area contributed by atoms with Crippen LogP contribution in [-0.4, -0.2) is 107 Å². The van der Waals surface area contributed by atoms with Crippen molar-refractivity contribution < 1.29 is 37.1 Å². The summed E-state index contributed by atoms with van der Waals surface area (Å²) in [5.74, 6) is 0.882. The fourth-order valence-electron chi connectivity index (χ4n) is 11.9. The van der Waals surface area contributed by atoms with Crippen LogP contribution in [0.2, 0.25) is 5.02 Å². The van der Waals surface area contributed by atoms with E-state index in [4.69, 9.17) is 27.5 Å². The van der Waals surface area contributed by atoms with Crippen LogP contribution in [0.5, 0.6) is 17.4 Å². The van der Waals surface area contributed by atoms with Gasteiger partial charge >= 0.3 is 5.69 Å². The molecule has 0 unspecified atom stereocenters. The number of carbonyl (C=O) groups excluding carboxylic acids is 1. The molecule has 0 radical (unpaired) electrons. The highest BCUT2D eigenvalue weighted by Gasteiger charge is 2.50. The SMILES string of the molecule is C#CC1(O)CCC(CNc2ncc(S(=O)(=O)NC(=O)c3ccc(N4CCC5(CC4)CC(N4CCN(Cc6ccc(Cl)cc6)C[C@H]4c4ccccc4C(C)C)C5)cc3Oc3cc4c(F)c[nH]c4nc3OC)cc2[N+](=O)[O-])CC1. The molecular formula is C57H63ClFN9O8S. The number of benzene rings is 3. The molecule has 2 aliphatic heterocycles. The highest BCUT2D eigenvalue weighted by Crippen LogP contribution is 2.53. The molecule has 2 saturated heterocycles. The molecule has 4 aliphatic rings. The van der Waals surface area contributed by atoms with Gasteiger partial charge in [-0.15, -0.1) is 6.42 Å². The van der Waals surface area contributed by atoms with E-state index in [2.05, 4.69) is 91.1 Å². The van der Waals surface area contributed by atoms with Crippen molar-refractivity contribution in [1.82, 2.24) is 29.5 Å². The quantitative estimate of drug-likeness (QED) is 0.0404. The summed E-state index contributed by atoms with van der Waals surface area (Å²) in [7, 11) is -3.40. The van der Waals surface area contributed by atoms with Gasteiger partial charge in [0, 0.05) is 93.0 Å². The first kappa shape index (κ1) is 53.6. The zero-order chi connectivity index (χ0) is 54.2. The van der Waals surface area contributed by atoms with Crippen molar-refractivity contribution in [2.45, 2.75) is 100 Å².